The molecule has 0 bridgehead atoms. The minimum Gasteiger partial charge on any atom is -0.488 e. The van der Waals surface area contributed by atoms with Gasteiger partial charge in [-0.25, -0.2) is 4.39 Å². The number of rotatable bonds is 7. The third-order valence-electron chi connectivity index (χ3n) is 2.20. The van der Waals surface area contributed by atoms with Gasteiger partial charge in [-0.15, -0.1) is 0 Å². The number of para-hydroxylation sites is 1. The van der Waals surface area contributed by atoms with Crippen LogP contribution in [0.2, 0.25) is 0 Å². The van der Waals surface area contributed by atoms with Gasteiger partial charge in [0.15, 0.2) is 11.6 Å². The molecule has 3 nitrogen and oxygen atoms in total. The van der Waals surface area contributed by atoms with Crippen molar-refractivity contribution in [3.05, 3.63) is 29.6 Å². The van der Waals surface area contributed by atoms with Crippen LogP contribution in [0.15, 0.2) is 18.2 Å². The van der Waals surface area contributed by atoms with Gasteiger partial charge in [0.25, 0.3) is 0 Å². The van der Waals surface area contributed by atoms with Gasteiger partial charge in [0.1, 0.15) is 13.2 Å². The number of benzene rings is 1. The van der Waals surface area contributed by atoms with E-state index in [-0.39, 0.29) is 19.0 Å². The largest absolute Gasteiger partial charge is 0.488 e. The molecule has 1 rings (SSSR count). The summed E-state index contributed by atoms with van der Waals surface area (Å²) in [6.45, 7) is -1.45. The van der Waals surface area contributed by atoms with Crippen molar-refractivity contribution in [1.29, 1.82) is 0 Å². The molecule has 0 aliphatic heterocycles. The highest BCUT2D eigenvalue weighted by molar-refractivity contribution is 5.35. The molecule has 108 valence electrons. The van der Waals surface area contributed by atoms with Crippen molar-refractivity contribution in [2.24, 2.45) is 5.73 Å². The van der Waals surface area contributed by atoms with Crippen molar-refractivity contribution >= 4 is 0 Å². The van der Waals surface area contributed by atoms with E-state index in [9.17, 15) is 17.6 Å². The second kappa shape index (κ2) is 7.30. The highest BCUT2D eigenvalue weighted by Gasteiger charge is 2.27. The van der Waals surface area contributed by atoms with E-state index in [1.165, 1.54) is 12.1 Å². The Morgan fingerprint density at radius 3 is 2.53 bits per heavy atom. The van der Waals surface area contributed by atoms with Gasteiger partial charge in [0, 0.05) is 0 Å². The van der Waals surface area contributed by atoms with Crippen molar-refractivity contribution in [3.8, 4) is 5.75 Å². The summed E-state index contributed by atoms with van der Waals surface area (Å²) in [7, 11) is 0. The standard InChI is InChI=1S/C12H15F4NO2/c13-10-3-1-2-9(4-5-17)11(10)19-7-6-18-8-12(14,15)16/h1-3H,4-8,17H2. The molecule has 2 N–H and O–H groups in total. The fourth-order valence-corrected chi connectivity index (χ4v) is 1.46. The molecule has 0 aliphatic carbocycles. The lowest BCUT2D eigenvalue weighted by atomic mass is 10.1. The molecule has 0 fully saturated rings. The molecule has 0 aromatic heterocycles. The second-order valence-corrected chi connectivity index (χ2v) is 3.78. The predicted octanol–water partition coefficient (Wildman–Crippen LogP) is 2.28. The van der Waals surface area contributed by atoms with E-state index in [1.54, 1.807) is 6.07 Å². The van der Waals surface area contributed by atoms with Crippen molar-refractivity contribution in [2.45, 2.75) is 12.6 Å². The van der Waals surface area contributed by atoms with Crippen LogP contribution in [0.3, 0.4) is 0 Å². The van der Waals surface area contributed by atoms with Gasteiger partial charge in [-0.05, 0) is 24.6 Å². The summed E-state index contributed by atoms with van der Waals surface area (Å²) >= 11 is 0. The van der Waals surface area contributed by atoms with Gasteiger partial charge in [0.05, 0.1) is 6.61 Å². The van der Waals surface area contributed by atoms with E-state index in [4.69, 9.17) is 10.5 Å². The summed E-state index contributed by atoms with van der Waals surface area (Å²) in [5, 5.41) is 0. The smallest absolute Gasteiger partial charge is 0.411 e. The lowest BCUT2D eigenvalue weighted by Gasteiger charge is -2.12. The molecule has 7 heteroatoms. The Bertz CT molecular complexity index is 396. The summed E-state index contributed by atoms with van der Waals surface area (Å²) in [6, 6.07) is 4.39. The first kappa shape index (κ1) is 15.7. The van der Waals surface area contributed by atoms with Crippen LogP contribution < -0.4 is 10.5 Å². The zero-order chi connectivity index (χ0) is 14.3. The highest BCUT2D eigenvalue weighted by Crippen LogP contribution is 2.23. The molecule has 0 heterocycles. The van der Waals surface area contributed by atoms with Crippen LogP contribution in [-0.4, -0.2) is 32.5 Å². The molecule has 0 saturated carbocycles. The molecular formula is C12H15F4NO2. The maximum atomic E-state index is 13.5. The van der Waals surface area contributed by atoms with Gasteiger partial charge in [-0.1, -0.05) is 12.1 Å². The Labute approximate surface area is 108 Å². The molecular weight excluding hydrogens is 266 g/mol. The molecule has 19 heavy (non-hydrogen) atoms. The molecule has 0 radical (unpaired) electrons. The van der Waals surface area contributed by atoms with E-state index in [0.717, 1.165) is 0 Å². The second-order valence-electron chi connectivity index (χ2n) is 3.78. The maximum Gasteiger partial charge on any atom is 0.411 e. The Balaban J connectivity index is 2.44. The monoisotopic (exact) mass is 281 g/mol. The zero-order valence-electron chi connectivity index (χ0n) is 10.2. The van der Waals surface area contributed by atoms with Crippen molar-refractivity contribution in [2.75, 3.05) is 26.4 Å². The SMILES string of the molecule is NCCc1cccc(F)c1OCCOCC(F)(F)F. The quantitative estimate of drug-likeness (QED) is 0.616. The summed E-state index contributed by atoms with van der Waals surface area (Å²) in [4.78, 5) is 0. The van der Waals surface area contributed by atoms with E-state index >= 15 is 0 Å². The van der Waals surface area contributed by atoms with E-state index < -0.39 is 18.6 Å². The lowest BCUT2D eigenvalue weighted by Crippen LogP contribution is -2.19. The number of halogens is 4. The molecule has 0 amide bonds. The summed E-state index contributed by atoms with van der Waals surface area (Å²) < 4.78 is 58.3. The van der Waals surface area contributed by atoms with E-state index in [2.05, 4.69) is 4.74 Å². The third kappa shape index (κ3) is 5.89. The summed E-state index contributed by atoms with van der Waals surface area (Å²) in [6.07, 6.45) is -3.95. The molecule has 1 aromatic rings. The lowest BCUT2D eigenvalue weighted by molar-refractivity contribution is -0.175. The average molecular weight is 281 g/mol. The minimum atomic E-state index is -4.37. The summed E-state index contributed by atoms with van der Waals surface area (Å²) in [5.41, 5.74) is 5.96. The van der Waals surface area contributed by atoms with Crippen LogP contribution in [0.1, 0.15) is 5.56 Å². The van der Waals surface area contributed by atoms with Gasteiger partial charge in [0.2, 0.25) is 0 Å². The molecule has 0 saturated heterocycles. The maximum absolute atomic E-state index is 13.5. The average Bonchev–Trinajstić information content (AvgIpc) is 2.31. The summed E-state index contributed by atoms with van der Waals surface area (Å²) in [5.74, 6) is -0.551. The first-order valence-corrected chi connectivity index (χ1v) is 5.69. The molecule has 1 aromatic carbocycles. The first-order chi connectivity index (χ1) is 8.94. The number of alkyl halides is 3. The van der Waals surface area contributed by atoms with Gasteiger partial charge in [-0.2, -0.15) is 13.2 Å². The topological polar surface area (TPSA) is 44.5 Å². The number of hydrogen-bond donors (Lipinski definition) is 1. The fraction of sp³-hybridized carbons (Fsp3) is 0.500. The Morgan fingerprint density at radius 2 is 1.89 bits per heavy atom. The van der Waals surface area contributed by atoms with Crippen molar-refractivity contribution in [1.82, 2.24) is 0 Å². The van der Waals surface area contributed by atoms with Crippen molar-refractivity contribution in [3.63, 3.8) is 0 Å². The molecule has 0 aliphatic rings. The van der Waals surface area contributed by atoms with Crippen LogP contribution in [0.5, 0.6) is 5.75 Å². The first-order valence-electron chi connectivity index (χ1n) is 5.69. The third-order valence-corrected chi connectivity index (χ3v) is 2.20. The molecule has 0 spiro atoms. The minimum absolute atomic E-state index is 0.0172. The highest BCUT2D eigenvalue weighted by atomic mass is 19.4. The molecule has 0 unspecified atom stereocenters. The van der Waals surface area contributed by atoms with Crippen LogP contribution in [0.25, 0.3) is 0 Å². The van der Waals surface area contributed by atoms with Gasteiger partial charge >= 0.3 is 6.18 Å². The number of nitrogens with two attached hydrogens (primary N) is 1. The van der Waals surface area contributed by atoms with Crippen LogP contribution in [-0.2, 0) is 11.2 Å². The normalized spacial score (nSPS) is 11.6. The Hall–Kier alpha value is -1.34. The number of hydrogen-bond acceptors (Lipinski definition) is 3. The van der Waals surface area contributed by atoms with E-state index in [1.807, 2.05) is 0 Å². The van der Waals surface area contributed by atoms with Gasteiger partial charge in [-0.3, -0.25) is 0 Å². The Kier molecular flexibility index (Phi) is 6.04. The zero-order valence-corrected chi connectivity index (χ0v) is 10.2. The Morgan fingerprint density at radius 1 is 1.16 bits per heavy atom. The van der Waals surface area contributed by atoms with Crippen molar-refractivity contribution < 1.29 is 27.0 Å². The molecule has 0 atom stereocenters. The van der Waals surface area contributed by atoms with Gasteiger partial charge < -0.3 is 15.2 Å². The number of ether oxygens (including phenoxy) is 2. The van der Waals surface area contributed by atoms with Crippen LogP contribution in [0, 0.1) is 5.82 Å². The van der Waals surface area contributed by atoms with Crippen LogP contribution in [0.4, 0.5) is 17.6 Å². The predicted molar refractivity (Wildman–Crippen MR) is 61.5 cm³/mol. The van der Waals surface area contributed by atoms with E-state index in [0.29, 0.717) is 18.5 Å². The van der Waals surface area contributed by atoms with Crippen LogP contribution >= 0.6 is 0 Å². The fourth-order valence-electron chi connectivity index (χ4n) is 1.46.